The Morgan fingerprint density at radius 2 is 2.04 bits per heavy atom. The molecule has 1 aromatic heterocycles. The monoisotopic (exact) mass is 314 g/mol. The quantitative estimate of drug-likeness (QED) is 0.925. The molecule has 5 rings (SSSR count). The van der Waals surface area contributed by atoms with E-state index in [1.165, 1.54) is 32.3 Å². The molecule has 3 fully saturated rings. The largest absolute Gasteiger partial charge is 0.420 e. The number of fused-ring (bicyclic) bond motifs is 3. The molecule has 3 aliphatic heterocycles. The number of hydrogen-bond acceptors (Lipinski definition) is 6. The Morgan fingerprint density at radius 3 is 2.65 bits per heavy atom. The second-order valence-corrected chi connectivity index (χ2v) is 6.05. The summed E-state index contributed by atoms with van der Waals surface area (Å²) >= 11 is 0. The molecule has 1 N–H and O–H groups in total. The number of nitrogens with zero attached hydrogens (tertiary/aromatic N) is 3. The molecule has 7 nitrogen and oxygen atoms in total. The minimum atomic E-state index is -0.0342. The molecule has 0 unspecified atom stereocenters. The average molecular weight is 314 g/mol. The smallest absolute Gasteiger partial charge is 0.410 e. The van der Waals surface area contributed by atoms with Crippen LogP contribution in [-0.2, 0) is 0 Å². The van der Waals surface area contributed by atoms with Crippen molar-refractivity contribution in [3.8, 4) is 11.8 Å². The topological polar surface area (TPSA) is 80.5 Å². The Hall–Kier alpha value is -2.41. The molecule has 23 heavy (non-hydrogen) atoms. The van der Waals surface area contributed by atoms with E-state index in [1.807, 2.05) is 0 Å². The van der Waals surface area contributed by atoms with Crippen LogP contribution in [0.3, 0.4) is 0 Å². The lowest BCUT2D eigenvalue weighted by atomic mass is 9.84. The fourth-order valence-corrected chi connectivity index (χ4v) is 3.36. The highest BCUT2D eigenvalue weighted by atomic mass is 16.6. The molecular weight excluding hydrogens is 296 g/mol. The third-order valence-electron chi connectivity index (χ3n) is 4.63. The van der Waals surface area contributed by atoms with Gasteiger partial charge < -0.3 is 19.4 Å². The van der Waals surface area contributed by atoms with Gasteiger partial charge in [0.25, 0.3) is 5.91 Å². The van der Waals surface area contributed by atoms with Crippen LogP contribution in [0.5, 0.6) is 11.8 Å². The lowest BCUT2D eigenvalue weighted by Crippen LogP contribution is -2.57. The summed E-state index contributed by atoms with van der Waals surface area (Å²) in [5, 5.41) is 10.4. The summed E-state index contributed by atoms with van der Waals surface area (Å²) < 4.78 is 10.3. The minimum absolute atomic E-state index is 0.0342. The van der Waals surface area contributed by atoms with Crippen molar-refractivity contribution in [3.63, 3.8) is 0 Å². The first kappa shape index (κ1) is 14.2. The van der Waals surface area contributed by atoms with E-state index in [-0.39, 0.29) is 18.0 Å². The van der Waals surface area contributed by atoms with Gasteiger partial charge in [0.15, 0.2) is 0 Å². The Kier molecular flexibility index (Phi) is 3.70. The number of ether oxygens (including phenoxy) is 1. The van der Waals surface area contributed by atoms with Gasteiger partial charge in [-0.15, -0.1) is 5.10 Å². The lowest BCUT2D eigenvalue weighted by molar-refractivity contribution is 0.0620. The molecule has 0 saturated carbocycles. The van der Waals surface area contributed by atoms with Crippen LogP contribution in [0.15, 0.2) is 35.1 Å². The molecule has 2 aromatic rings. The number of benzene rings is 1. The van der Waals surface area contributed by atoms with Crippen molar-refractivity contribution in [1.29, 1.82) is 0 Å². The molecule has 4 heterocycles. The van der Waals surface area contributed by atoms with Gasteiger partial charge in [0, 0.05) is 18.2 Å². The summed E-state index contributed by atoms with van der Waals surface area (Å²) in [7, 11) is 0. The normalized spacial score (nSPS) is 26.0. The van der Waals surface area contributed by atoms with E-state index in [2.05, 4.69) is 20.4 Å². The van der Waals surface area contributed by atoms with Crippen molar-refractivity contribution in [3.05, 3.63) is 36.2 Å². The minimum Gasteiger partial charge on any atom is -0.410 e. The van der Waals surface area contributed by atoms with E-state index >= 15 is 0 Å². The van der Waals surface area contributed by atoms with Crippen LogP contribution in [0.2, 0.25) is 0 Å². The van der Waals surface area contributed by atoms with E-state index in [0.717, 1.165) is 6.54 Å². The molecule has 0 spiro atoms. The van der Waals surface area contributed by atoms with Gasteiger partial charge in [0.1, 0.15) is 5.75 Å². The number of nitrogens with one attached hydrogen (secondary N) is 1. The first-order chi connectivity index (χ1) is 11.3. The van der Waals surface area contributed by atoms with Gasteiger partial charge >= 0.3 is 6.08 Å². The molecule has 120 valence electrons. The van der Waals surface area contributed by atoms with Crippen LogP contribution >= 0.6 is 0 Å². The standard InChI is InChI=1S/C16H18N4O3/c21-15(18-14-9-20-7-5-11(14)6-8-20)12-1-3-13(4-2-12)23-16-19-17-10-22-16/h1-4,10-11,14H,5-9H2,(H,18,21)/t14-/m0/s1. The van der Waals surface area contributed by atoms with E-state index < -0.39 is 0 Å². The first-order valence-electron chi connectivity index (χ1n) is 7.85. The molecular formula is C16H18N4O3. The van der Waals surface area contributed by atoms with E-state index in [1.54, 1.807) is 24.3 Å². The van der Waals surface area contributed by atoms with Gasteiger partial charge in [-0.1, -0.05) is 5.10 Å². The van der Waals surface area contributed by atoms with E-state index in [9.17, 15) is 4.79 Å². The van der Waals surface area contributed by atoms with Crippen LogP contribution in [0.4, 0.5) is 0 Å². The van der Waals surface area contributed by atoms with Crippen molar-refractivity contribution in [2.75, 3.05) is 19.6 Å². The number of rotatable bonds is 4. The maximum atomic E-state index is 12.4. The van der Waals surface area contributed by atoms with Crippen LogP contribution < -0.4 is 10.1 Å². The summed E-state index contributed by atoms with van der Waals surface area (Å²) in [6.07, 6.45) is 3.64. The number of carbonyl (C=O) groups is 1. The maximum Gasteiger partial charge on any atom is 0.420 e. The van der Waals surface area contributed by atoms with Crippen molar-refractivity contribution in [2.24, 2.45) is 5.92 Å². The fourth-order valence-electron chi connectivity index (χ4n) is 3.36. The summed E-state index contributed by atoms with van der Waals surface area (Å²) in [6.45, 7) is 3.30. The SMILES string of the molecule is O=C(N[C@H]1CN2CCC1CC2)c1ccc(Oc2nnco2)cc1. The van der Waals surface area contributed by atoms with Crippen LogP contribution in [0.25, 0.3) is 0 Å². The molecule has 7 heteroatoms. The Labute approximate surface area is 133 Å². The predicted molar refractivity (Wildman–Crippen MR) is 81.2 cm³/mol. The van der Waals surface area contributed by atoms with E-state index in [4.69, 9.17) is 9.15 Å². The highest BCUT2D eigenvalue weighted by molar-refractivity contribution is 5.94. The average Bonchev–Trinajstić information content (AvgIpc) is 3.09. The molecule has 0 aliphatic carbocycles. The molecule has 0 radical (unpaired) electrons. The summed E-state index contributed by atoms with van der Waals surface area (Å²) in [5.41, 5.74) is 0.624. The van der Waals surface area contributed by atoms with Crippen LogP contribution in [-0.4, -0.2) is 46.7 Å². The second kappa shape index (κ2) is 6.00. The maximum absolute atomic E-state index is 12.4. The predicted octanol–water partition coefficient (Wildman–Crippen LogP) is 1.69. The number of amides is 1. The Bertz CT molecular complexity index is 663. The zero-order valence-electron chi connectivity index (χ0n) is 12.6. The number of hydrogen-bond donors (Lipinski definition) is 1. The Morgan fingerprint density at radius 1 is 1.26 bits per heavy atom. The fraction of sp³-hybridized carbons (Fsp3) is 0.438. The zero-order chi connectivity index (χ0) is 15.6. The van der Waals surface area contributed by atoms with Crippen molar-refractivity contribution < 1.29 is 13.9 Å². The lowest BCUT2D eigenvalue weighted by Gasteiger charge is -2.44. The molecule has 1 amide bonds. The zero-order valence-corrected chi connectivity index (χ0v) is 12.6. The van der Waals surface area contributed by atoms with Gasteiger partial charge in [-0.25, -0.2) is 0 Å². The number of carbonyl (C=O) groups excluding carboxylic acids is 1. The Balaban J connectivity index is 1.38. The molecule has 3 aliphatic rings. The summed E-state index contributed by atoms with van der Waals surface area (Å²) in [5.74, 6) is 1.13. The van der Waals surface area contributed by atoms with Crippen LogP contribution in [0.1, 0.15) is 23.2 Å². The van der Waals surface area contributed by atoms with Crippen molar-refractivity contribution in [2.45, 2.75) is 18.9 Å². The molecule has 1 atom stereocenters. The first-order valence-corrected chi connectivity index (χ1v) is 7.85. The van der Waals surface area contributed by atoms with Crippen molar-refractivity contribution >= 4 is 5.91 Å². The molecule has 1 aromatic carbocycles. The highest BCUT2D eigenvalue weighted by Crippen LogP contribution is 2.27. The highest BCUT2D eigenvalue weighted by Gasteiger charge is 2.34. The van der Waals surface area contributed by atoms with E-state index in [0.29, 0.717) is 17.2 Å². The second-order valence-electron chi connectivity index (χ2n) is 6.05. The number of aromatic nitrogens is 2. The van der Waals surface area contributed by atoms with Crippen LogP contribution in [0, 0.1) is 5.92 Å². The van der Waals surface area contributed by atoms with Gasteiger partial charge in [0.05, 0.1) is 0 Å². The molecule has 3 saturated heterocycles. The van der Waals surface area contributed by atoms with Gasteiger partial charge in [-0.05, 0) is 56.1 Å². The van der Waals surface area contributed by atoms with Gasteiger partial charge in [-0.3, -0.25) is 4.79 Å². The third kappa shape index (κ3) is 3.05. The molecule has 2 bridgehead atoms. The van der Waals surface area contributed by atoms with Gasteiger partial charge in [0.2, 0.25) is 6.39 Å². The summed E-state index contributed by atoms with van der Waals surface area (Å²) in [4.78, 5) is 14.8. The van der Waals surface area contributed by atoms with Gasteiger partial charge in [-0.2, -0.15) is 0 Å². The summed E-state index contributed by atoms with van der Waals surface area (Å²) in [6, 6.07) is 7.18. The van der Waals surface area contributed by atoms with Crippen molar-refractivity contribution in [1.82, 2.24) is 20.4 Å². The third-order valence-corrected chi connectivity index (χ3v) is 4.63. The number of piperidine rings is 3.